The van der Waals surface area contributed by atoms with Gasteiger partial charge in [0.25, 0.3) is 0 Å². The Morgan fingerprint density at radius 2 is 0.352 bits per heavy atom. The van der Waals surface area contributed by atoms with E-state index in [4.69, 9.17) is 0 Å². The van der Waals surface area contributed by atoms with E-state index in [9.17, 15) is 0 Å². The Morgan fingerprint density at radius 3 is 0.565 bits per heavy atom. The molecule has 0 heterocycles. The van der Waals surface area contributed by atoms with E-state index in [0.29, 0.717) is 0 Å². The standard InChI is InChI=1S/C50H38.C32H26.C13H10.C5H6.4C2H6/c1-35-43(37-21-9-3-10-22-37)33-45(49(41-29-17-7-18-30-41)47(35)39-25-13-5-14-26-39)46-34-44(38-23-11-4-12-24-38)36(2)48(40-27-15-6-16-28-40)50(46)42-31-19-8-20-32-42;1-23-29(25-15-7-3-8-16-25)31(27-19-11-5-12-20-27)24(2)32(28-21-13-6-14-22-28)30(23)26-17-9-4-10-18-26;1-3-7-12-10(5-1)9-11-6-2-4-8-13(11)12;1-2-4-5-3-1;4*1-2/h3-34H,1-2H3;3-22H,1-2H3;1-8H,9H2;1-4H,5H2;4*1-2H3. The van der Waals surface area contributed by atoms with Crippen molar-refractivity contribution in [3.05, 3.63) is 422 Å². The van der Waals surface area contributed by atoms with Gasteiger partial charge in [0.15, 0.2) is 0 Å². The van der Waals surface area contributed by atoms with Gasteiger partial charge in [0, 0.05) is 0 Å². The first-order valence-corrected chi connectivity index (χ1v) is 38.9. The van der Waals surface area contributed by atoms with Crippen LogP contribution in [0.25, 0.3) is 134 Å². The lowest BCUT2D eigenvalue weighted by Gasteiger charge is -2.27. The van der Waals surface area contributed by atoms with Gasteiger partial charge in [0.1, 0.15) is 0 Å². The van der Waals surface area contributed by atoms with Crippen molar-refractivity contribution in [2.45, 2.75) is 95.9 Å². The van der Waals surface area contributed by atoms with Gasteiger partial charge in [0.05, 0.1) is 0 Å². The van der Waals surface area contributed by atoms with Crippen molar-refractivity contribution in [2.75, 3.05) is 0 Å². The summed E-state index contributed by atoms with van der Waals surface area (Å²) in [6, 6.07) is 131. The Morgan fingerprint density at radius 1 is 0.167 bits per heavy atom. The maximum absolute atomic E-state index is 2.46. The summed E-state index contributed by atoms with van der Waals surface area (Å²) in [6.07, 6.45) is 10.6. The molecular formula is C108H104. The van der Waals surface area contributed by atoms with Crippen LogP contribution < -0.4 is 0 Å². The molecular weight excluding hydrogens is 1300 g/mol. The lowest BCUT2D eigenvalue weighted by atomic mass is 9.76. The fraction of sp³-hybridized carbons (Fsp3) is 0.130. The zero-order chi connectivity index (χ0) is 76.0. The Kier molecular flexibility index (Phi) is 29.3. The predicted molar refractivity (Wildman–Crippen MR) is 475 cm³/mol. The van der Waals surface area contributed by atoms with Crippen molar-refractivity contribution in [3.63, 3.8) is 0 Å². The van der Waals surface area contributed by atoms with Gasteiger partial charge in [-0.25, -0.2) is 0 Å². The first-order valence-electron chi connectivity index (χ1n) is 38.9. The van der Waals surface area contributed by atoms with Gasteiger partial charge in [-0.2, -0.15) is 0 Å². The van der Waals surface area contributed by atoms with Gasteiger partial charge in [-0.3, -0.25) is 0 Å². The van der Waals surface area contributed by atoms with Crippen LogP contribution in [0.2, 0.25) is 0 Å². The Balaban J connectivity index is 0.000000181. The minimum Gasteiger partial charge on any atom is -0.0808 e. The third kappa shape index (κ3) is 18.2. The zero-order valence-electron chi connectivity index (χ0n) is 65.4. The molecule has 0 spiro atoms. The summed E-state index contributed by atoms with van der Waals surface area (Å²) >= 11 is 0. The van der Waals surface area contributed by atoms with Crippen LogP contribution in [0.15, 0.2) is 388 Å². The zero-order valence-corrected chi connectivity index (χ0v) is 65.4. The van der Waals surface area contributed by atoms with Crippen LogP contribution in [0.3, 0.4) is 0 Å². The number of hydrogen-bond acceptors (Lipinski definition) is 0. The normalized spacial score (nSPS) is 10.8. The van der Waals surface area contributed by atoms with Crippen LogP contribution in [-0.4, -0.2) is 0 Å². The van der Waals surface area contributed by atoms with Crippen molar-refractivity contribution < 1.29 is 0 Å². The first-order chi connectivity index (χ1) is 53.4. The molecule has 0 saturated carbocycles. The van der Waals surface area contributed by atoms with E-state index in [0.717, 1.165) is 12.8 Å². The molecule has 15 aromatic rings. The van der Waals surface area contributed by atoms with Gasteiger partial charge in [-0.15, -0.1) is 0 Å². The van der Waals surface area contributed by atoms with Crippen molar-refractivity contribution in [3.8, 4) is 134 Å². The van der Waals surface area contributed by atoms with E-state index in [2.05, 4.69) is 416 Å². The SMILES string of the molecule is C1=CCC=C1.CC.CC.CC.CC.Cc1c(-c2ccccc2)c(-c2ccccc2)c(C)c(-c2ccccc2)c1-c1ccccc1.Cc1c(-c2ccccc2)cc(-c2cc(-c3ccccc3)c(C)c(-c3ccccc3)c2-c2ccccc2)c(-c2ccccc2)c1-c1ccccc1.c1ccc2c(c1)Cc1ccccc1-2. The highest BCUT2D eigenvalue weighted by atomic mass is 14.3. The highest BCUT2D eigenvalue weighted by Gasteiger charge is 2.28. The fourth-order valence-corrected chi connectivity index (χ4v) is 14.9. The highest BCUT2D eigenvalue weighted by molar-refractivity contribution is 6.08. The van der Waals surface area contributed by atoms with Crippen LogP contribution in [-0.2, 0) is 6.42 Å². The minimum absolute atomic E-state index is 1.10. The molecule has 0 aromatic heterocycles. The smallest absolute Gasteiger partial charge is 0.00135 e. The Labute approximate surface area is 646 Å². The summed E-state index contributed by atoms with van der Waals surface area (Å²) in [4.78, 5) is 0. The van der Waals surface area contributed by atoms with Crippen molar-refractivity contribution in [1.82, 2.24) is 0 Å². The van der Waals surface area contributed by atoms with Crippen molar-refractivity contribution in [2.24, 2.45) is 0 Å². The first kappa shape index (κ1) is 78.4. The molecule has 536 valence electrons. The molecule has 0 amide bonds. The molecule has 0 saturated heterocycles. The summed E-state index contributed by atoms with van der Waals surface area (Å²) in [5.41, 5.74) is 38.3. The Bertz CT molecular complexity index is 4850. The van der Waals surface area contributed by atoms with E-state index in [1.165, 1.54) is 167 Å². The second-order valence-corrected chi connectivity index (χ2v) is 25.7. The minimum atomic E-state index is 1.10. The molecule has 17 rings (SSSR count). The van der Waals surface area contributed by atoms with Gasteiger partial charge in [-0.1, -0.05) is 432 Å². The third-order valence-electron chi connectivity index (χ3n) is 19.5. The highest BCUT2D eigenvalue weighted by Crippen LogP contribution is 2.53. The molecule has 0 radical (unpaired) electrons. The molecule has 0 bridgehead atoms. The average Bonchev–Trinajstić information content (AvgIpc) is 0.949. The molecule has 0 unspecified atom stereocenters. The second-order valence-electron chi connectivity index (χ2n) is 25.7. The average molecular weight is 1400 g/mol. The van der Waals surface area contributed by atoms with E-state index >= 15 is 0 Å². The predicted octanol–water partition coefficient (Wildman–Crippen LogP) is 31.8. The fourth-order valence-electron chi connectivity index (χ4n) is 14.9. The molecule has 0 atom stereocenters. The lowest BCUT2D eigenvalue weighted by molar-refractivity contribution is 1.26. The molecule has 15 aromatic carbocycles. The van der Waals surface area contributed by atoms with E-state index in [1.54, 1.807) is 0 Å². The monoisotopic (exact) mass is 1400 g/mol. The molecule has 0 heteroatoms. The number of fused-ring (bicyclic) bond motifs is 3. The summed E-state index contributed by atoms with van der Waals surface area (Å²) in [6.45, 7) is 25.1. The van der Waals surface area contributed by atoms with E-state index < -0.39 is 0 Å². The lowest BCUT2D eigenvalue weighted by Crippen LogP contribution is -2.01. The van der Waals surface area contributed by atoms with E-state index in [1.807, 2.05) is 55.4 Å². The molecule has 2 aliphatic rings. The van der Waals surface area contributed by atoms with Crippen LogP contribution in [0.5, 0.6) is 0 Å². The molecule has 0 nitrogen and oxygen atoms in total. The van der Waals surface area contributed by atoms with Gasteiger partial charge in [-0.05, 0) is 220 Å². The number of allylic oxidation sites excluding steroid dienone is 4. The summed E-state index contributed by atoms with van der Waals surface area (Å²) in [7, 11) is 0. The maximum Gasteiger partial charge on any atom is -0.00135 e. The third-order valence-corrected chi connectivity index (χ3v) is 19.5. The van der Waals surface area contributed by atoms with Crippen LogP contribution in [0.1, 0.15) is 95.2 Å². The number of rotatable bonds is 11. The molecule has 108 heavy (non-hydrogen) atoms. The molecule has 0 fully saturated rings. The number of hydrogen-bond donors (Lipinski definition) is 0. The van der Waals surface area contributed by atoms with Gasteiger partial charge < -0.3 is 0 Å². The van der Waals surface area contributed by atoms with Crippen molar-refractivity contribution >= 4 is 0 Å². The van der Waals surface area contributed by atoms with Crippen molar-refractivity contribution in [1.29, 1.82) is 0 Å². The number of benzene rings is 15. The van der Waals surface area contributed by atoms with Gasteiger partial charge in [0.2, 0.25) is 0 Å². The molecule has 0 aliphatic heterocycles. The van der Waals surface area contributed by atoms with E-state index in [-0.39, 0.29) is 0 Å². The summed E-state index contributed by atoms with van der Waals surface area (Å²) in [5, 5.41) is 0. The quantitative estimate of drug-likeness (QED) is 0.121. The van der Waals surface area contributed by atoms with Crippen LogP contribution in [0.4, 0.5) is 0 Å². The Hall–Kier alpha value is -12.2. The summed E-state index contributed by atoms with van der Waals surface area (Å²) in [5.74, 6) is 0. The molecule has 2 aliphatic carbocycles. The van der Waals surface area contributed by atoms with Gasteiger partial charge >= 0.3 is 0 Å². The van der Waals surface area contributed by atoms with Crippen LogP contribution in [0, 0.1) is 27.7 Å². The van der Waals surface area contributed by atoms with Crippen LogP contribution >= 0.6 is 0 Å². The summed E-state index contributed by atoms with van der Waals surface area (Å²) < 4.78 is 0. The maximum atomic E-state index is 2.46. The molecule has 0 N–H and O–H groups in total. The second kappa shape index (κ2) is 40.3. The topological polar surface area (TPSA) is 0 Å². The largest absolute Gasteiger partial charge is 0.0808 e.